The van der Waals surface area contributed by atoms with E-state index in [4.69, 9.17) is 0 Å². The van der Waals surface area contributed by atoms with Gasteiger partial charge in [-0.05, 0) is 58.9 Å². The summed E-state index contributed by atoms with van der Waals surface area (Å²) in [6.45, 7) is 8.65. The summed E-state index contributed by atoms with van der Waals surface area (Å²) in [5.74, 6) is -0.00380. The normalized spacial score (nSPS) is 20.0. The van der Waals surface area contributed by atoms with Crippen LogP contribution in [0, 0.1) is 13.8 Å². The van der Waals surface area contributed by atoms with Gasteiger partial charge in [0.2, 0.25) is 0 Å². The minimum atomic E-state index is -0.265. The first-order chi connectivity index (χ1) is 14.3. The molecule has 2 aliphatic rings. The molecular formula is C23H36N4O3. The lowest BCUT2D eigenvalue weighted by atomic mass is 9.95. The van der Waals surface area contributed by atoms with Crippen LogP contribution in [-0.4, -0.2) is 58.7 Å². The number of nitrogens with one attached hydrogen (secondary N) is 3. The number of hydrogen-bond donors (Lipinski definition) is 3. The average Bonchev–Trinajstić information content (AvgIpc) is 3.02. The lowest BCUT2D eigenvalue weighted by Crippen LogP contribution is -2.52. The molecule has 1 aliphatic carbocycles. The highest BCUT2D eigenvalue weighted by Gasteiger charge is 2.30. The van der Waals surface area contributed by atoms with Crippen molar-refractivity contribution < 1.29 is 14.4 Å². The van der Waals surface area contributed by atoms with E-state index in [9.17, 15) is 14.4 Å². The van der Waals surface area contributed by atoms with Crippen LogP contribution in [0.4, 0.5) is 4.79 Å². The van der Waals surface area contributed by atoms with Gasteiger partial charge in [-0.2, -0.15) is 0 Å². The number of piperidine rings is 1. The van der Waals surface area contributed by atoms with Crippen molar-refractivity contribution >= 4 is 17.6 Å². The molecule has 7 nitrogen and oxygen atoms in total. The van der Waals surface area contributed by atoms with Crippen molar-refractivity contribution in [3.8, 4) is 0 Å². The van der Waals surface area contributed by atoms with E-state index in [1.54, 1.807) is 0 Å². The van der Waals surface area contributed by atoms with Gasteiger partial charge in [-0.3, -0.25) is 14.5 Å². The fourth-order valence-corrected chi connectivity index (χ4v) is 4.99. The summed E-state index contributed by atoms with van der Waals surface area (Å²) < 4.78 is 0. The Kier molecular flexibility index (Phi) is 7.34. The summed E-state index contributed by atoms with van der Waals surface area (Å²) in [6.07, 6.45) is 7.48. The molecule has 1 saturated heterocycles. The summed E-state index contributed by atoms with van der Waals surface area (Å²) >= 11 is 0. The number of aryl methyl sites for hydroxylation is 1. The highest BCUT2D eigenvalue weighted by molar-refractivity contribution is 6.05. The maximum absolute atomic E-state index is 13.1. The smallest absolute Gasteiger partial charge is 0.315 e. The lowest BCUT2D eigenvalue weighted by Gasteiger charge is -2.35. The van der Waals surface area contributed by atoms with Gasteiger partial charge < -0.3 is 15.6 Å². The molecule has 3 N–H and O–H groups in total. The Labute approximate surface area is 179 Å². The number of Topliss-reactive ketones (excluding diaryl/α,β-unsaturated/α-hetero) is 2. The molecule has 1 unspecified atom stereocenters. The topological polar surface area (TPSA) is 94.3 Å². The van der Waals surface area contributed by atoms with Crippen molar-refractivity contribution in [1.29, 1.82) is 0 Å². The summed E-state index contributed by atoms with van der Waals surface area (Å²) in [7, 11) is 0. The molecule has 0 radical (unpaired) electrons. The minimum Gasteiger partial charge on any atom is -0.355 e. The number of hydrogen-bond acceptors (Lipinski definition) is 4. The molecule has 0 aromatic carbocycles. The van der Waals surface area contributed by atoms with Crippen molar-refractivity contribution in [2.75, 3.05) is 13.1 Å². The van der Waals surface area contributed by atoms with Crippen LogP contribution in [0.3, 0.4) is 0 Å². The number of carbonyl (C=O) groups excluding carboxylic acids is 3. The maximum Gasteiger partial charge on any atom is 0.315 e. The number of carbonyl (C=O) groups is 3. The van der Waals surface area contributed by atoms with Gasteiger partial charge in [0.05, 0.1) is 11.7 Å². The molecule has 0 spiro atoms. The van der Waals surface area contributed by atoms with E-state index < -0.39 is 0 Å². The van der Waals surface area contributed by atoms with Gasteiger partial charge in [0.1, 0.15) is 0 Å². The van der Waals surface area contributed by atoms with Crippen LogP contribution < -0.4 is 10.6 Å². The van der Waals surface area contributed by atoms with Gasteiger partial charge in [0, 0.05) is 36.4 Å². The minimum absolute atomic E-state index is 0.0181. The number of H-pyrrole nitrogens is 1. The fraction of sp³-hybridized carbons (Fsp3) is 0.696. The molecule has 1 aromatic heterocycles. The van der Waals surface area contributed by atoms with Gasteiger partial charge in [-0.15, -0.1) is 0 Å². The third-order valence-corrected chi connectivity index (χ3v) is 6.77. The summed E-state index contributed by atoms with van der Waals surface area (Å²) in [5.41, 5.74) is 2.66. The molecule has 2 heterocycles. The number of ketones is 2. The molecule has 0 bridgehead atoms. The number of amides is 2. The largest absolute Gasteiger partial charge is 0.355 e. The fourth-order valence-electron chi connectivity index (χ4n) is 4.99. The van der Waals surface area contributed by atoms with Crippen molar-refractivity contribution in [3.63, 3.8) is 0 Å². The van der Waals surface area contributed by atoms with Crippen molar-refractivity contribution in [3.05, 3.63) is 22.5 Å². The molecule has 1 aliphatic heterocycles. The molecule has 1 saturated carbocycles. The van der Waals surface area contributed by atoms with E-state index in [2.05, 4.69) is 20.5 Å². The molecular weight excluding hydrogens is 380 g/mol. The second kappa shape index (κ2) is 9.77. The average molecular weight is 417 g/mol. The highest BCUT2D eigenvalue weighted by Crippen LogP contribution is 2.23. The first-order valence-corrected chi connectivity index (χ1v) is 11.3. The summed E-state index contributed by atoms with van der Waals surface area (Å²) in [4.78, 5) is 42.5. The zero-order valence-corrected chi connectivity index (χ0v) is 18.8. The third-order valence-electron chi connectivity index (χ3n) is 6.77. The van der Waals surface area contributed by atoms with Gasteiger partial charge >= 0.3 is 6.03 Å². The van der Waals surface area contributed by atoms with Crippen LogP contribution >= 0.6 is 0 Å². The van der Waals surface area contributed by atoms with Gasteiger partial charge in [0.25, 0.3) is 0 Å². The van der Waals surface area contributed by atoms with E-state index >= 15 is 0 Å². The Bertz CT molecular complexity index is 787. The van der Waals surface area contributed by atoms with Crippen LogP contribution in [0.1, 0.15) is 90.9 Å². The van der Waals surface area contributed by atoms with Crippen LogP contribution in [-0.2, 0) is 0 Å². The summed E-state index contributed by atoms with van der Waals surface area (Å²) in [5, 5.41) is 6.23. The van der Waals surface area contributed by atoms with E-state index in [-0.39, 0.29) is 29.7 Å². The SMILES string of the molecule is CC(=O)c1c(C)[nH]c(C(=O)C(C)N2CCC(NC(=O)NC3CCCCC3)CC2)c1C. The van der Waals surface area contributed by atoms with Crippen molar-refractivity contribution in [2.24, 2.45) is 0 Å². The number of rotatable bonds is 6. The second-order valence-corrected chi connectivity index (χ2v) is 8.98. The Balaban J connectivity index is 1.50. The number of aromatic nitrogens is 1. The van der Waals surface area contributed by atoms with Crippen LogP contribution in [0.2, 0.25) is 0 Å². The third kappa shape index (κ3) is 5.12. The zero-order valence-electron chi connectivity index (χ0n) is 18.8. The Morgan fingerprint density at radius 2 is 1.53 bits per heavy atom. The first-order valence-electron chi connectivity index (χ1n) is 11.3. The molecule has 3 rings (SSSR count). The highest BCUT2D eigenvalue weighted by atomic mass is 16.2. The van der Waals surface area contributed by atoms with Crippen LogP contribution in [0.25, 0.3) is 0 Å². The Hall–Kier alpha value is -2.15. The summed E-state index contributed by atoms with van der Waals surface area (Å²) in [6, 6.07) is 0.132. The Morgan fingerprint density at radius 1 is 0.967 bits per heavy atom. The van der Waals surface area contributed by atoms with E-state index in [1.165, 1.54) is 26.2 Å². The van der Waals surface area contributed by atoms with Crippen LogP contribution in [0.15, 0.2) is 0 Å². The standard InChI is InChI=1S/C23H36N4O3/c1-14-20(17(4)28)15(2)24-21(14)22(29)16(3)27-12-10-19(11-13-27)26-23(30)25-18-8-6-5-7-9-18/h16,18-19,24H,5-13H2,1-4H3,(H2,25,26,30). The molecule has 2 fully saturated rings. The van der Waals surface area contributed by atoms with Crippen LogP contribution in [0.5, 0.6) is 0 Å². The molecule has 2 amide bonds. The predicted octanol–water partition coefficient (Wildman–Crippen LogP) is 3.50. The zero-order chi connectivity index (χ0) is 21.8. The molecule has 1 aromatic rings. The first kappa shape index (κ1) is 22.5. The van der Waals surface area contributed by atoms with E-state index in [1.807, 2.05) is 20.8 Å². The van der Waals surface area contributed by atoms with Gasteiger partial charge in [-0.1, -0.05) is 19.3 Å². The molecule has 1 atom stereocenters. The number of urea groups is 1. The van der Waals surface area contributed by atoms with Crippen molar-refractivity contribution in [1.82, 2.24) is 20.5 Å². The quantitative estimate of drug-likeness (QED) is 0.619. The maximum atomic E-state index is 13.1. The monoisotopic (exact) mass is 416 g/mol. The van der Waals surface area contributed by atoms with E-state index in [0.29, 0.717) is 17.3 Å². The molecule has 7 heteroatoms. The van der Waals surface area contributed by atoms with Gasteiger partial charge in [-0.25, -0.2) is 4.79 Å². The lowest BCUT2D eigenvalue weighted by molar-refractivity contribution is 0.0784. The second-order valence-electron chi connectivity index (χ2n) is 8.98. The molecule has 166 valence electrons. The van der Waals surface area contributed by atoms with E-state index in [0.717, 1.165) is 50.0 Å². The Morgan fingerprint density at radius 3 is 2.07 bits per heavy atom. The predicted molar refractivity (Wildman–Crippen MR) is 117 cm³/mol. The van der Waals surface area contributed by atoms with Gasteiger partial charge in [0.15, 0.2) is 11.6 Å². The number of nitrogens with zero attached hydrogens (tertiary/aromatic N) is 1. The number of aromatic amines is 1. The number of likely N-dealkylation sites (tertiary alicyclic amines) is 1. The molecule has 30 heavy (non-hydrogen) atoms. The van der Waals surface area contributed by atoms with Crippen molar-refractivity contribution in [2.45, 2.75) is 90.8 Å².